The van der Waals surface area contributed by atoms with E-state index in [1.54, 1.807) is 11.5 Å². The lowest BCUT2D eigenvalue weighted by atomic mass is 10.1. The lowest BCUT2D eigenvalue weighted by Crippen LogP contribution is -2.40. The van der Waals surface area contributed by atoms with Crippen molar-refractivity contribution in [3.8, 4) is 0 Å². The SMILES string of the molecule is CCOCCCN(CC(F)(F)F)C(=O)c1ccc2c(=O)n3c(nc2c1)CCCCC3. The van der Waals surface area contributed by atoms with E-state index in [2.05, 4.69) is 4.98 Å². The number of rotatable bonds is 7. The Hall–Kier alpha value is -2.42. The van der Waals surface area contributed by atoms with E-state index in [9.17, 15) is 22.8 Å². The van der Waals surface area contributed by atoms with Gasteiger partial charge in [0.25, 0.3) is 11.5 Å². The first kappa shape index (κ1) is 22.3. The van der Waals surface area contributed by atoms with Gasteiger partial charge in [-0.25, -0.2) is 4.98 Å². The van der Waals surface area contributed by atoms with Crippen LogP contribution in [0.1, 0.15) is 48.8 Å². The second-order valence-electron chi connectivity index (χ2n) is 7.42. The van der Waals surface area contributed by atoms with Gasteiger partial charge in [-0.15, -0.1) is 0 Å². The smallest absolute Gasteiger partial charge is 0.382 e. The Morgan fingerprint density at radius 3 is 2.80 bits per heavy atom. The lowest BCUT2D eigenvalue weighted by Gasteiger charge is -2.24. The largest absolute Gasteiger partial charge is 0.406 e. The first-order valence-corrected chi connectivity index (χ1v) is 10.3. The number of halogens is 3. The van der Waals surface area contributed by atoms with Crippen LogP contribution in [-0.4, -0.2) is 52.8 Å². The number of fused-ring (bicyclic) bond motifs is 2. The van der Waals surface area contributed by atoms with Crippen LogP contribution in [0.25, 0.3) is 10.9 Å². The van der Waals surface area contributed by atoms with Crippen molar-refractivity contribution in [2.24, 2.45) is 0 Å². The van der Waals surface area contributed by atoms with Crippen LogP contribution in [0.2, 0.25) is 0 Å². The maximum Gasteiger partial charge on any atom is 0.406 e. The molecule has 3 rings (SSSR count). The summed E-state index contributed by atoms with van der Waals surface area (Å²) < 4.78 is 45.9. The van der Waals surface area contributed by atoms with E-state index in [0.29, 0.717) is 42.7 Å². The van der Waals surface area contributed by atoms with Crippen molar-refractivity contribution in [2.75, 3.05) is 26.3 Å². The van der Waals surface area contributed by atoms with Crippen molar-refractivity contribution >= 4 is 16.8 Å². The minimum Gasteiger partial charge on any atom is -0.382 e. The number of alkyl halides is 3. The maximum absolute atomic E-state index is 13.0. The zero-order valence-corrected chi connectivity index (χ0v) is 17.0. The molecule has 1 aromatic carbocycles. The summed E-state index contributed by atoms with van der Waals surface area (Å²) in [7, 11) is 0. The third kappa shape index (κ3) is 5.38. The van der Waals surface area contributed by atoms with Gasteiger partial charge < -0.3 is 9.64 Å². The number of ether oxygens (including phenoxy) is 1. The molecular formula is C21H26F3N3O3. The summed E-state index contributed by atoms with van der Waals surface area (Å²) in [6.07, 6.45) is -0.693. The van der Waals surface area contributed by atoms with Gasteiger partial charge in [-0.05, 0) is 44.4 Å². The van der Waals surface area contributed by atoms with Crippen molar-refractivity contribution in [3.05, 3.63) is 39.9 Å². The molecule has 1 aliphatic heterocycles. The molecule has 0 N–H and O–H groups in total. The molecule has 164 valence electrons. The second kappa shape index (κ2) is 9.59. The highest BCUT2D eigenvalue weighted by Crippen LogP contribution is 2.21. The van der Waals surface area contributed by atoms with Gasteiger partial charge in [-0.1, -0.05) is 6.42 Å². The number of carbonyl (C=O) groups is 1. The number of nitrogens with zero attached hydrogens (tertiary/aromatic N) is 3. The molecule has 0 atom stereocenters. The fourth-order valence-corrected chi connectivity index (χ4v) is 3.70. The zero-order valence-electron chi connectivity index (χ0n) is 17.0. The van der Waals surface area contributed by atoms with Crippen molar-refractivity contribution in [3.63, 3.8) is 0 Å². The Balaban J connectivity index is 1.90. The fourth-order valence-electron chi connectivity index (χ4n) is 3.70. The van der Waals surface area contributed by atoms with E-state index in [4.69, 9.17) is 4.74 Å². The molecular weight excluding hydrogens is 399 g/mol. The van der Waals surface area contributed by atoms with Gasteiger partial charge in [0.1, 0.15) is 12.4 Å². The third-order valence-corrected chi connectivity index (χ3v) is 5.14. The summed E-state index contributed by atoms with van der Waals surface area (Å²) in [5.74, 6) is -0.0685. The number of aryl methyl sites for hydroxylation is 1. The number of hydrogen-bond donors (Lipinski definition) is 0. The lowest BCUT2D eigenvalue weighted by molar-refractivity contribution is -0.141. The highest BCUT2D eigenvalue weighted by Gasteiger charge is 2.33. The first-order chi connectivity index (χ1) is 14.3. The van der Waals surface area contributed by atoms with Crippen molar-refractivity contribution < 1.29 is 22.7 Å². The van der Waals surface area contributed by atoms with Gasteiger partial charge in [0.15, 0.2) is 0 Å². The Labute approximate surface area is 172 Å². The molecule has 0 spiro atoms. The first-order valence-electron chi connectivity index (χ1n) is 10.3. The normalized spacial score (nSPS) is 14.4. The molecule has 30 heavy (non-hydrogen) atoms. The van der Waals surface area contributed by atoms with Crippen LogP contribution in [0.4, 0.5) is 13.2 Å². The molecule has 0 unspecified atom stereocenters. The Morgan fingerprint density at radius 1 is 1.27 bits per heavy atom. The highest BCUT2D eigenvalue weighted by atomic mass is 19.4. The summed E-state index contributed by atoms with van der Waals surface area (Å²) in [6, 6.07) is 4.32. The van der Waals surface area contributed by atoms with Crippen LogP contribution >= 0.6 is 0 Å². The van der Waals surface area contributed by atoms with E-state index in [0.717, 1.165) is 24.2 Å². The number of amides is 1. The molecule has 6 nitrogen and oxygen atoms in total. The summed E-state index contributed by atoms with van der Waals surface area (Å²) >= 11 is 0. The molecule has 0 aliphatic carbocycles. The summed E-state index contributed by atoms with van der Waals surface area (Å²) in [5, 5.41) is 0.371. The van der Waals surface area contributed by atoms with E-state index in [-0.39, 0.29) is 24.3 Å². The van der Waals surface area contributed by atoms with E-state index < -0.39 is 18.6 Å². The van der Waals surface area contributed by atoms with Gasteiger partial charge in [-0.2, -0.15) is 13.2 Å². The minimum atomic E-state index is -4.51. The zero-order chi connectivity index (χ0) is 21.7. The van der Waals surface area contributed by atoms with Crippen LogP contribution < -0.4 is 5.56 Å². The second-order valence-corrected chi connectivity index (χ2v) is 7.42. The van der Waals surface area contributed by atoms with Gasteiger partial charge in [0.05, 0.1) is 10.9 Å². The molecule has 9 heteroatoms. The van der Waals surface area contributed by atoms with Crippen molar-refractivity contribution in [2.45, 2.75) is 51.7 Å². The summed E-state index contributed by atoms with van der Waals surface area (Å²) in [5.41, 5.74) is 0.272. The molecule has 0 saturated carbocycles. The van der Waals surface area contributed by atoms with Gasteiger partial charge in [0, 0.05) is 38.3 Å². The highest BCUT2D eigenvalue weighted by molar-refractivity contribution is 5.97. The van der Waals surface area contributed by atoms with Crippen LogP contribution in [-0.2, 0) is 17.7 Å². The average molecular weight is 425 g/mol. The number of benzene rings is 1. The Morgan fingerprint density at radius 2 is 2.07 bits per heavy atom. The van der Waals surface area contributed by atoms with E-state index in [1.807, 2.05) is 0 Å². The van der Waals surface area contributed by atoms with Crippen LogP contribution in [0.15, 0.2) is 23.0 Å². The molecule has 0 saturated heterocycles. The monoisotopic (exact) mass is 425 g/mol. The number of aromatic nitrogens is 2. The molecule has 0 fully saturated rings. The Kier molecular flexibility index (Phi) is 7.12. The van der Waals surface area contributed by atoms with Crippen LogP contribution in [0, 0.1) is 0 Å². The predicted octanol–water partition coefficient (Wildman–Crippen LogP) is 3.55. The maximum atomic E-state index is 13.0. The molecule has 2 aromatic rings. The summed E-state index contributed by atoms with van der Waals surface area (Å²) in [4.78, 5) is 31.0. The number of hydrogen-bond acceptors (Lipinski definition) is 4. The molecule has 1 amide bonds. The Bertz CT molecular complexity index is 956. The standard InChI is InChI=1S/C21H26F3N3O3/c1-2-30-12-6-10-26(14-21(22,23)24)19(28)15-8-9-16-17(13-15)25-18-7-4-3-5-11-27(18)20(16)29/h8-9,13H,2-7,10-12,14H2,1H3. The van der Waals surface area contributed by atoms with Crippen LogP contribution in [0.3, 0.4) is 0 Å². The fraction of sp³-hybridized carbons (Fsp3) is 0.571. The van der Waals surface area contributed by atoms with Crippen molar-refractivity contribution in [1.82, 2.24) is 14.5 Å². The third-order valence-electron chi connectivity index (χ3n) is 5.14. The molecule has 1 aliphatic rings. The molecule has 2 heterocycles. The summed E-state index contributed by atoms with van der Waals surface area (Å²) in [6.45, 7) is 1.73. The van der Waals surface area contributed by atoms with Gasteiger partial charge >= 0.3 is 6.18 Å². The van der Waals surface area contributed by atoms with Gasteiger partial charge in [-0.3, -0.25) is 14.2 Å². The molecule has 0 bridgehead atoms. The average Bonchev–Trinajstić information content (AvgIpc) is 2.94. The van der Waals surface area contributed by atoms with E-state index in [1.165, 1.54) is 18.2 Å². The van der Waals surface area contributed by atoms with Crippen molar-refractivity contribution in [1.29, 1.82) is 0 Å². The number of carbonyl (C=O) groups excluding carboxylic acids is 1. The van der Waals surface area contributed by atoms with E-state index >= 15 is 0 Å². The minimum absolute atomic E-state index is 0.0728. The predicted molar refractivity (Wildman–Crippen MR) is 107 cm³/mol. The van der Waals surface area contributed by atoms with Gasteiger partial charge in [0.2, 0.25) is 0 Å². The molecule has 1 aromatic heterocycles. The molecule has 0 radical (unpaired) electrons. The quantitative estimate of drug-likeness (QED) is 0.637. The topological polar surface area (TPSA) is 64.4 Å². The van der Waals surface area contributed by atoms with Crippen LogP contribution in [0.5, 0.6) is 0 Å².